The molecule has 9 aliphatic rings. The van der Waals surface area contributed by atoms with Gasteiger partial charge in [0.25, 0.3) is 0 Å². The molecule has 9 nitrogen and oxygen atoms in total. The first-order chi connectivity index (χ1) is 21.1. The van der Waals surface area contributed by atoms with Crippen LogP contribution in [-0.4, -0.2) is 72.6 Å². The van der Waals surface area contributed by atoms with Crippen molar-refractivity contribution in [3.63, 3.8) is 0 Å². The van der Waals surface area contributed by atoms with E-state index < -0.39 is 11.7 Å². The summed E-state index contributed by atoms with van der Waals surface area (Å²) in [6, 6.07) is 6.16. The van der Waals surface area contributed by atoms with Gasteiger partial charge in [0.05, 0.1) is 46.6 Å². The van der Waals surface area contributed by atoms with Gasteiger partial charge in [0.1, 0.15) is 11.7 Å². The number of rotatable bonds is 3. The highest BCUT2D eigenvalue weighted by molar-refractivity contribution is 6.14. The molecule has 0 spiro atoms. The highest BCUT2D eigenvalue weighted by Crippen LogP contribution is 3.10. The van der Waals surface area contributed by atoms with Crippen LogP contribution in [0.25, 0.3) is 0 Å². The van der Waals surface area contributed by atoms with E-state index >= 15 is 4.39 Å². The number of carbonyl (C=O) groups is 2. The van der Waals surface area contributed by atoms with E-state index in [2.05, 4.69) is 39.3 Å². The van der Waals surface area contributed by atoms with Crippen LogP contribution in [0.5, 0.6) is 0 Å². The number of nitrogens with zero attached hydrogens (tertiary/aromatic N) is 6. The third-order valence-corrected chi connectivity index (χ3v) is 13.6. The summed E-state index contributed by atoms with van der Waals surface area (Å²) >= 11 is 0. The Kier molecular flexibility index (Phi) is 4.78. The second-order valence-corrected chi connectivity index (χ2v) is 14.4. The van der Waals surface area contributed by atoms with Crippen LogP contribution < -0.4 is 5.32 Å². The maximum atomic E-state index is 16.0. The summed E-state index contributed by atoms with van der Waals surface area (Å²) in [4.78, 5) is 38.4. The maximum absolute atomic E-state index is 16.0. The number of aliphatic imine (C=N–C) groups is 1. The van der Waals surface area contributed by atoms with Crippen LogP contribution >= 0.6 is 0 Å². The fraction of sp³-hybridized carbons (Fsp3) is 0.559. The number of amidine groups is 1. The second-order valence-electron chi connectivity index (χ2n) is 14.4. The number of hydrogen-bond acceptors (Lipinski definition) is 7. The molecule has 0 aromatic heterocycles. The normalized spacial score (nSPS) is 38.7. The van der Waals surface area contributed by atoms with Crippen molar-refractivity contribution in [2.75, 3.05) is 40.3 Å². The highest BCUT2D eigenvalue weighted by Gasteiger charge is 3.13. The van der Waals surface area contributed by atoms with Crippen molar-refractivity contribution in [1.82, 2.24) is 20.0 Å². The standard InChI is InChI=1S/C34H34FN7O2/c1-14-21-13-38-30(17(21)10-18(29(14)35)22-19(11-36)15(2)41(5)16(3)20(22)12-37)39-31(43)33-23-26-24(33)28-25(33)27(23)34(26,28)32(44)42-8-6-40(4)7-9-42/h10,22-28H,6-9,13H2,1-5H3,(H,38,39,43). The summed E-state index contributed by atoms with van der Waals surface area (Å²) in [5, 5.41) is 23.3. The molecule has 224 valence electrons. The first-order valence-electron chi connectivity index (χ1n) is 15.7. The summed E-state index contributed by atoms with van der Waals surface area (Å²) in [6.07, 6.45) is 0. The van der Waals surface area contributed by atoms with Crippen molar-refractivity contribution in [2.24, 2.45) is 51.3 Å². The molecule has 3 aliphatic heterocycles. The Hall–Kier alpha value is -4.02. The molecule has 0 bridgehead atoms. The molecule has 44 heavy (non-hydrogen) atoms. The fourth-order valence-corrected chi connectivity index (χ4v) is 11.5. The highest BCUT2D eigenvalue weighted by atomic mass is 19.1. The molecule has 7 fully saturated rings. The van der Waals surface area contributed by atoms with E-state index in [4.69, 9.17) is 0 Å². The van der Waals surface area contributed by atoms with E-state index in [0.29, 0.717) is 80.9 Å². The lowest BCUT2D eigenvalue weighted by atomic mass is 8.92. The van der Waals surface area contributed by atoms with Crippen LogP contribution in [0.3, 0.4) is 0 Å². The van der Waals surface area contributed by atoms with Gasteiger partial charge in [-0.2, -0.15) is 10.5 Å². The third-order valence-electron chi connectivity index (χ3n) is 13.6. The maximum Gasteiger partial charge on any atom is 0.232 e. The summed E-state index contributed by atoms with van der Waals surface area (Å²) in [6.45, 7) is 9.00. The van der Waals surface area contributed by atoms with Crippen molar-refractivity contribution in [3.8, 4) is 12.1 Å². The predicted octanol–water partition coefficient (Wildman–Crippen LogP) is 2.65. The Balaban J connectivity index is 0.984. The average Bonchev–Trinajstić information content (AvgIpc) is 3.43. The number of fused-ring (bicyclic) bond motifs is 1. The van der Waals surface area contributed by atoms with E-state index in [9.17, 15) is 20.1 Å². The monoisotopic (exact) mass is 591 g/mol. The SMILES string of the molecule is CC1=C(C#N)C(c2cc3c(c(C)c2F)CN=C3NC(=O)C23C4C5C2C2C3C4C52C(=O)N2CCN(C)CC2)C(C#N)=C(C)N1C. The number of amides is 2. The topological polar surface area (TPSA) is 116 Å². The molecule has 1 aromatic carbocycles. The largest absolute Gasteiger partial charge is 0.350 e. The smallest absolute Gasteiger partial charge is 0.232 e. The number of nitriles is 2. The molecule has 0 atom stereocenters. The predicted molar refractivity (Wildman–Crippen MR) is 157 cm³/mol. The number of hydrogen-bond donors (Lipinski definition) is 1. The van der Waals surface area contributed by atoms with E-state index in [1.807, 2.05) is 13.8 Å². The van der Waals surface area contributed by atoms with Crippen molar-refractivity contribution >= 4 is 17.6 Å². The van der Waals surface area contributed by atoms with Crippen LogP contribution in [0, 0.1) is 81.7 Å². The molecule has 1 aromatic rings. The zero-order valence-corrected chi connectivity index (χ0v) is 25.5. The Morgan fingerprint density at radius 3 is 2.02 bits per heavy atom. The second kappa shape index (κ2) is 7.97. The van der Waals surface area contributed by atoms with E-state index in [1.165, 1.54) is 0 Å². The number of halogens is 1. The molecule has 3 heterocycles. The zero-order valence-electron chi connectivity index (χ0n) is 25.5. The fourth-order valence-electron chi connectivity index (χ4n) is 11.5. The minimum atomic E-state index is -0.832. The molecule has 10 rings (SSSR count). The summed E-state index contributed by atoms with van der Waals surface area (Å²) < 4.78 is 16.0. The summed E-state index contributed by atoms with van der Waals surface area (Å²) in [7, 11) is 3.89. The van der Waals surface area contributed by atoms with Crippen molar-refractivity contribution in [3.05, 3.63) is 56.7 Å². The molecule has 6 aliphatic carbocycles. The van der Waals surface area contributed by atoms with Gasteiger partial charge in [0, 0.05) is 55.7 Å². The molecule has 1 saturated heterocycles. The van der Waals surface area contributed by atoms with Crippen molar-refractivity contribution < 1.29 is 14.0 Å². The average molecular weight is 592 g/mol. The minimum Gasteiger partial charge on any atom is -0.350 e. The molecule has 0 radical (unpaired) electrons. The minimum absolute atomic E-state index is 0.00192. The van der Waals surface area contributed by atoms with Crippen LogP contribution in [0.4, 0.5) is 4.39 Å². The number of allylic oxidation sites excluding steroid dienone is 4. The van der Waals surface area contributed by atoms with Gasteiger partial charge in [0.15, 0.2) is 0 Å². The van der Waals surface area contributed by atoms with Crippen LogP contribution in [-0.2, 0) is 16.1 Å². The lowest BCUT2D eigenvalue weighted by Crippen LogP contribution is -3.12. The van der Waals surface area contributed by atoms with E-state index in [1.54, 1.807) is 24.9 Å². The Morgan fingerprint density at radius 2 is 1.48 bits per heavy atom. The van der Waals surface area contributed by atoms with Crippen molar-refractivity contribution in [1.29, 1.82) is 10.5 Å². The molecular weight excluding hydrogens is 557 g/mol. The van der Waals surface area contributed by atoms with Crippen molar-refractivity contribution in [2.45, 2.75) is 33.2 Å². The number of carbonyl (C=O) groups excluding carboxylic acids is 2. The summed E-state index contributed by atoms with van der Waals surface area (Å²) in [5.41, 5.74) is 3.54. The number of piperazine rings is 1. The van der Waals surface area contributed by atoms with Gasteiger partial charge in [-0.05, 0) is 80.5 Å². The van der Waals surface area contributed by atoms with Gasteiger partial charge in [-0.1, -0.05) is 0 Å². The Labute approximate surface area is 255 Å². The molecule has 0 unspecified atom stereocenters. The van der Waals surface area contributed by atoms with E-state index in [0.717, 1.165) is 31.7 Å². The Morgan fingerprint density at radius 1 is 0.932 bits per heavy atom. The van der Waals surface area contributed by atoms with Crippen LogP contribution in [0.1, 0.15) is 42.0 Å². The molecule has 2 amide bonds. The lowest BCUT2D eigenvalue weighted by Gasteiger charge is -3.09. The number of nitrogens with one attached hydrogen (secondary N) is 1. The van der Waals surface area contributed by atoms with Crippen LogP contribution in [0.15, 0.2) is 33.6 Å². The number of benzene rings is 1. The van der Waals surface area contributed by atoms with Gasteiger partial charge >= 0.3 is 0 Å². The van der Waals surface area contributed by atoms with Gasteiger partial charge in [-0.15, -0.1) is 0 Å². The van der Waals surface area contributed by atoms with Gasteiger partial charge in [-0.25, -0.2) is 4.39 Å². The summed E-state index contributed by atoms with van der Waals surface area (Å²) in [5.74, 6) is 1.44. The van der Waals surface area contributed by atoms with Gasteiger partial charge in [-0.3, -0.25) is 14.6 Å². The third kappa shape index (κ3) is 2.40. The molecule has 10 heteroatoms. The quantitative estimate of drug-likeness (QED) is 0.578. The Bertz CT molecular complexity index is 1740. The van der Waals surface area contributed by atoms with E-state index in [-0.39, 0.29) is 28.8 Å². The molecule has 6 saturated carbocycles. The number of likely N-dealkylation sites (N-methyl/N-ethyl adjacent to an activating group) is 1. The molecule has 1 N–H and O–H groups in total. The van der Waals surface area contributed by atoms with Gasteiger partial charge < -0.3 is 20.0 Å². The zero-order chi connectivity index (χ0) is 30.8. The molecular formula is C34H34FN7O2. The first kappa shape index (κ1) is 26.4. The van der Waals surface area contributed by atoms with Gasteiger partial charge in [0.2, 0.25) is 11.8 Å². The first-order valence-corrected chi connectivity index (χ1v) is 15.7. The van der Waals surface area contributed by atoms with Crippen LogP contribution in [0.2, 0.25) is 0 Å². The lowest BCUT2D eigenvalue weighted by molar-refractivity contribution is -0.625.